The Labute approximate surface area is 230 Å². The molecule has 1 unspecified atom stereocenters. The van der Waals surface area contributed by atoms with Crippen LogP contribution < -0.4 is 16.6 Å². The number of nitrogens with zero attached hydrogens (tertiary/aromatic N) is 4. The number of likely N-dealkylation sites (tertiary alicyclic amines) is 1. The number of fused-ring (bicyclic) bond motifs is 1. The lowest BCUT2D eigenvalue weighted by atomic mass is 10.1. The SMILES string of the molecule is CC(C)n1c(=O)n(CC2CC2)c(=O)c2cc(C(=O)NC3CCCN(C(=O)c4ccc(C#N)c(F)c4)CC3)ccc21. The molecule has 1 N–H and O–H groups in total. The predicted molar refractivity (Wildman–Crippen MR) is 148 cm³/mol. The minimum absolute atomic E-state index is 0.113. The molecule has 5 rings (SSSR count). The van der Waals surface area contributed by atoms with Crippen LogP contribution in [0, 0.1) is 23.1 Å². The standard InChI is InChI=1S/C30H32FN5O4/c1-18(2)36-26-10-9-20(14-24(26)29(39)35(30(36)40)17-19-5-6-19)27(37)33-23-4-3-12-34(13-11-23)28(38)21-7-8-22(16-32)25(31)15-21/h7-10,14-15,18-19,23H,3-6,11-13,17H2,1-2H3,(H,33,37). The number of hydrogen-bond acceptors (Lipinski definition) is 5. The molecule has 2 amide bonds. The van der Waals surface area contributed by atoms with Crippen molar-refractivity contribution < 1.29 is 14.0 Å². The Morgan fingerprint density at radius 3 is 2.48 bits per heavy atom. The van der Waals surface area contributed by atoms with Crippen molar-refractivity contribution in [1.29, 1.82) is 5.26 Å². The van der Waals surface area contributed by atoms with E-state index < -0.39 is 5.82 Å². The van der Waals surface area contributed by atoms with Gasteiger partial charge in [0.2, 0.25) is 0 Å². The van der Waals surface area contributed by atoms with Crippen molar-refractivity contribution in [1.82, 2.24) is 19.4 Å². The van der Waals surface area contributed by atoms with Gasteiger partial charge in [0, 0.05) is 42.8 Å². The van der Waals surface area contributed by atoms with Crippen LogP contribution in [0.15, 0.2) is 46.0 Å². The summed E-state index contributed by atoms with van der Waals surface area (Å²) in [7, 11) is 0. The number of amides is 2. The van der Waals surface area contributed by atoms with E-state index in [4.69, 9.17) is 5.26 Å². The summed E-state index contributed by atoms with van der Waals surface area (Å²) in [6.45, 7) is 5.03. The molecule has 1 aliphatic heterocycles. The van der Waals surface area contributed by atoms with Gasteiger partial charge in [-0.1, -0.05) is 0 Å². The zero-order chi connectivity index (χ0) is 28.6. The summed E-state index contributed by atoms with van der Waals surface area (Å²) in [6, 6.07) is 10.1. The number of hydrogen-bond donors (Lipinski definition) is 1. The number of nitriles is 1. The zero-order valence-corrected chi connectivity index (χ0v) is 22.7. The average molecular weight is 546 g/mol. The van der Waals surface area contributed by atoms with Crippen LogP contribution in [-0.2, 0) is 6.54 Å². The molecule has 2 fully saturated rings. The molecular formula is C30H32FN5O4. The lowest BCUT2D eigenvalue weighted by Gasteiger charge is -2.21. The molecule has 1 saturated heterocycles. The van der Waals surface area contributed by atoms with Crippen molar-refractivity contribution in [2.24, 2.45) is 5.92 Å². The maximum atomic E-state index is 14.0. The predicted octanol–water partition coefficient (Wildman–Crippen LogP) is 3.59. The molecule has 10 heteroatoms. The highest BCUT2D eigenvalue weighted by molar-refractivity contribution is 5.98. The number of benzene rings is 2. The molecule has 1 aromatic heterocycles. The van der Waals surface area contributed by atoms with E-state index in [1.807, 2.05) is 13.8 Å². The molecule has 208 valence electrons. The van der Waals surface area contributed by atoms with Crippen molar-refractivity contribution in [2.75, 3.05) is 13.1 Å². The van der Waals surface area contributed by atoms with E-state index in [2.05, 4.69) is 5.32 Å². The van der Waals surface area contributed by atoms with Crippen molar-refractivity contribution in [3.05, 3.63) is 79.7 Å². The lowest BCUT2D eigenvalue weighted by molar-refractivity contribution is 0.0760. The molecule has 0 radical (unpaired) electrons. The molecule has 0 bridgehead atoms. The van der Waals surface area contributed by atoms with E-state index in [9.17, 15) is 23.6 Å². The van der Waals surface area contributed by atoms with Gasteiger partial charge in [0.05, 0.1) is 16.5 Å². The summed E-state index contributed by atoms with van der Waals surface area (Å²) >= 11 is 0. The normalized spacial score (nSPS) is 17.5. The third kappa shape index (κ3) is 5.41. The third-order valence-electron chi connectivity index (χ3n) is 7.77. The number of nitrogens with one attached hydrogen (secondary N) is 1. The van der Waals surface area contributed by atoms with Gasteiger partial charge in [0.1, 0.15) is 11.9 Å². The van der Waals surface area contributed by atoms with Crippen LogP contribution in [-0.4, -0.2) is 45.0 Å². The van der Waals surface area contributed by atoms with Crippen LogP contribution >= 0.6 is 0 Å². The molecule has 40 heavy (non-hydrogen) atoms. The lowest BCUT2D eigenvalue weighted by Crippen LogP contribution is -2.41. The Morgan fingerprint density at radius 2 is 1.80 bits per heavy atom. The number of rotatable bonds is 6. The fourth-order valence-electron chi connectivity index (χ4n) is 5.38. The van der Waals surface area contributed by atoms with Gasteiger partial charge < -0.3 is 10.2 Å². The van der Waals surface area contributed by atoms with Crippen LogP contribution in [0.4, 0.5) is 4.39 Å². The maximum Gasteiger partial charge on any atom is 0.331 e. The average Bonchev–Trinajstić information content (AvgIpc) is 3.78. The van der Waals surface area contributed by atoms with E-state index in [1.165, 1.54) is 16.7 Å². The minimum Gasteiger partial charge on any atom is -0.349 e. The Kier molecular flexibility index (Phi) is 7.57. The number of carbonyl (C=O) groups is 2. The van der Waals surface area contributed by atoms with Crippen molar-refractivity contribution in [3.63, 3.8) is 0 Å². The van der Waals surface area contributed by atoms with Crippen molar-refractivity contribution in [2.45, 2.75) is 64.6 Å². The Bertz CT molecular complexity index is 1650. The summed E-state index contributed by atoms with van der Waals surface area (Å²) in [4.78, 5) is 54.2. The fraction of sp³-hybridized carbons (Fsp3) is 0.433. The first-order valence-corrected chi connectivity index (χ1v) is 13.8. The molecule has 2 heterocycles. The number of carbonyl (C=O) groups excluding carboxylic acids is 2. The summed E-state index contributed by atoms with van der Waals surface area (Å²) in [5, 5.41) is 12.3. The summed E-state index contributed by atoms with van der Waals surface area (Å²) < 4.78 is 16.9. The molecule has 3 aromatic rings. The number of aromatic nitrogens is 2. The topological polar surface area (TPSA) is 117 Å². The number of halogens is 1. The van der Waals surface area contributed by atoms with Gasteiger partial charge in [-0.05, 0) is 88.3 Å². The highest BCUT2D eigenvalue weighted by atomic mass is 19.1. The fourth-order valence-corrected chi connectivity index (χ4v) is 5.38. The van der Waals surface area contributed by atoms with Crippen LogP contribution in [0.2, 0.25) is 0 Å². The van der Waals surface area contributed by atoms with E-state index in [-0.39, 0.29) is 46.3 Å². The van der Waals surface area contributed by atoms with E-state index in [0.29, 0.717) is 61.3 Å². The first-order valence-electron chi connectivity index (χ1n) is 13.8. The Hall–Kier alpha value is -4.26. The zero-order valence-electron chi connectivity index (χ0n) is 22.7. The van der Waals surface area contributed by atoms with E-state index in [0.717, 1.165) is 18.9 Å². The van der Waals surface area contributed by atoms with Crippen LogP contribution in [0.5, 0.6) is 0 Å². The highest BCUT2D eigenvalue weighted by Crippen LogP contribution is 2.30. The molecular weight excluding hydrogens is 513 g/mol. The quantitative estimate of drug-likeness (QED) is 0.508. The summed E-state index contributed by atoms with van der Waals surface area (Å²) in [5.41, 5.74) is 0.220. The van der Waals surface area contributed by atoms with Crippen LogP contribution in [0.1, 0.15) is 78.3 Å². The van der Waals surface area contributed by atoms with Gasteiger partial charge in [-0.2, -0.15) is 5.26 Å². The minimum atomic E-state index is -0.728. The first-order chi connectivity index (χ1) is 19.2. The van der Waals surface area contributed by atoms with Crippen molar-refractivity contribution in [3.8, 4) is 6.07 Å². The molecule has 2 aliphatic rings. The van der Waals surface area contributed by atoms with Gasteiger partial charge in [-0.25, -0.2) is 9.18 Å². The van der Waals surface area contributed by atoms with Crippen LogP contribution in [0.25, 0.3) is 10.9 Å². The Balaban J connectivity index is 1.32. The van der Waals surface area contributed by atoms with Gasteiger partial charge in [0.25, 0.3) is 17.4 Å². The van der Waals surface area contributed by atoms with Crippen LogP contribution in [0.3, 0.4) is 0 Å². The second kappa shape index (κ2) is 11.1. The summed E-state index contributed by atoms with van der Waals surface area (Å²) in [5.74, 6) is -1.03. The van der Waals surface area contributed by atoms with Gasteiger partial charge in [0.15, 0.2) is 0 Å². The molecule has 9 nitrogen and oxygen atoms in total. The first kappa shape index (κ1) is 27.3. The molecule has 2 aromatic carbocycles. The third-order valence-corrected chi connectivity index (χ3v) is 7.77. The van der Waals surface area contributed by atoms with E-state index in [1.54, 1.807) is 33.7 Å². The molecule has 1 atom stereocenters. The van der Waals surface area contributed by atoms with Gasteiger partial charge in [-0.15, -0.1) is 0 Å². The second-order valence-electron chi connectivity index (χ2n) is 11.0. The van der Waals surface area contributed by atoms with Gasteiger partial charge >= 0.3 is 5.69 Å². The molecule has 1 saturated carbocycles. The monoisotopic (exact) mass is 545 g/mol. The van der Waals surface area contributed by atoms with Gasteiger partial charge in [-0.3, -0.25) is 23.5 Å². The smallest absolute Gasteiger partial charge is 0.331 e. The summed E-state index contributed by atoms with van der Waals surface area (Å²) in [6.07, 6.45) is 3.84. The largest absolute Gasteiger partial charge is 0.349 e. The Morgan fingerprint density at radius 1 is 1.05 bits per heavy atom. The maximum absolute atomic E-state index is 14.0. The van der Waals surface area contributed by atoms with Crippen molar-refractivity contribution >= 4 is 22.7 Å². The highest BCUT2D eigenvalue weighted by Gasteiger charge is 2.26. The second-order valence-corrected chi connectivity index (χ2v) is 11.0. The molecule has 1 aliphatic carbocycles. The van der Waals surface area contributed by atoms with E-state index >= 15 is 0 Å². The molecule has 0 spiro atoms.